The third-order valence-electron chi connectivity index (χ3n) is 6.46. The summed E-state index contributed by atoms with van der Waals surface area (Å²) < 4.78 is 16.4. The first-order chi connectivity index (χ1) is 18.5. The summed E-state index contributed by atoms with van der Waals surface area (Å²) in [6, 6.07) is 16.1. The Hall–Kier alpha value is -2.59. The van der Waals surface area contributed by atoms with Crippen molar-refractivity contribution in [1.29, 1.82) is 0 Å². The number of hydrogen-bond donors (Lipinski definition) is 4. The van der Waals surface area contributed by atoms with Gasteiger partial charge in [-0.05, 0) is 41.3 Å². The average molecular weight is 544 g/mol. The molecule has 2 aromatic carbocycles. The van der Waals surface area contributed by atoms with E-state index in [0.29, 0.717) is 31.2 Å². The van der Waals surface area contributed by atoms with E-state index in [1.54, 1.807) is 0 Å². The highest BCUT2D eigenvalue weighted by Gasteiger charge is 2.23. The summed E-state index contributed by atoms with van der Waals surface area (Å²) in [6.45, 7) is 12.6. The van der Waals surface area contributed by atoms with Gasteiger partial charge in [-0.25, -0.2) is 0 Å². The molecular formula is C31H45NO7. The standard InChI is InChI=1S/C31H45NO7/c1-6-26(33)13-14-27(34)20-37-28-15-11-25(12-16-28)31(4,5)24-9-7-23(8-10-24)19-38-30(36)21-39-29(35)17-18-32-22(2)3/h6-12,15-16,22,27,29-30,32,34-36H,1,13-14,17-21H2,2-5H3. The molecule has 0 heterocycles. The van der Waals surface area contributed by atoms with Crippen LogP contribution in [-0.2, 0) is 26.3 Å². The molecule has 2 aromatic rings. The minimum absolute atomic E-state index is 0.0921. The van der Waals surface area contributed by atoms with Gasteiger partial charge < -0.3 is 34.8 Å². The maximum Gasteiger partial charge on any atom is 0.178 e. The summed E-state index contributed by atoms with van der Waals surface area (Å²) in [7, 11) is 0. The lowest BCUT2D eigenvalue weighted by Crippen LogP contribution is -2.29. The number of carbonyl (C=O) groups is 1. The van der Waals surface area contributed by atoms with E-state index < -0.39 is 18.7 Å². The van der Waals surface area contributed by atoms with Gasteiger partial charge in [0, 0.05) is 30.8 Å². The van der Waals surface area contributed by atoms with Gasteiger partial charge in [0.05, 0.1) is 12.7 Å². The second-order valence-electron chi connectivity index (χ2n) is 10.5. The predicted molar refractivity (Wildman–Crippen MR) is 151 cm³/mol. The third-order valence-corrected chi connectivity index (χ3v) is 6.46. The summed E-state index contributed by atoms with van der Waals surface area (Å²) in [5, 5.41) is 33.1. The number of hydrogen-bond acceptors (Lipinski definition) is 8. The van der Waals surface area contributed by atoms with E-state index in [2.05, 4.69) is 25.7 Å². The molecule has 0 saturated carbocycles. The molecule has 0 amide bonds. The zero-order valence-corrected chi connectivity index (χ0v) is 23.6. The zero-order chi connectivity index (χ0) is 28.8. The highest BCUT2D eigenvalue weighted by atomic mass is 16.7. The molecule has 39 heavy (non-hydrogen) atoms. The van der Waals surface area contributed by atoms with Gasteiger partial charge in [-0.2, -0.15) is 0 Å². The van der Waals surface area contributed by atoms with Crippen LogP contribution in [0.2, 0.25) is 0 Å². The van der Waals surface area contributed by atoms with E-state index >= 15 is 0 Å². The number of carbonyl (C=O) groups excluding carboxylic acids is 1. The number of ketones is 1. The molecule has 0 radical (unpaired) electrons. The smallest absolute Gasteiger partial charge is 0.178 e. The number of nitrogens with one attached hydrogen (secondary N) is 1. The third kappa shape index (κ3) is 12.0. The van der Waals surface area contributed by atoms with Crippen molar-refractivity contribution in [3.63, 3.8) is 0 Å². The van der Waals surface area contributed by atoms with Gasteiger partial charge in [0.1, 0.15) is 19.0 Å². The van der Waals surface area contributed by atoms with Crippen LogP contribution in [0.15, 0.2) is 61.2 Å². The van der Waals surface area contributed by atoms with Crippen molar-refractivity contribution in [3.8, 4) is 5.75 Å². The topological polar surface area (TPSA) is 117 Å². The van der Waals surface area contributed by atoms with Crippen molar-refractivity contribution in [2.24, 2.45) is 0 Å². The Morgan fingerprint density at radius 3 is 2.13 bits per heavy atom. The van der Waals surface area contributed by atoms with Gasteiger partial charge in [-0.3, -0.25) is 4.79 Å². The van der Waals surface area contributed by atoms with Gasteiger partial charge in [0.25, 0.3) is 0 Å². The van der Waals surface area contributed by atoms with Crippen molar-refractivity contribution in [1.82, 2.24) is 5.32 Å². The second kappa shape index (κ2) is 16.5. The van der Waals surface area contributed by atoms with Crippen LogP contribution in [0.1, 0.15) is 63.6 Å². The van der Waals surface area contributed by atoms with Crippen molar-refractivity contribution in [2.75, 3.05) is 19.8 Å². The maximum absolute atomic E-state index is 11.3. The predicted octanol–water partition coefficient (Wildman–Crippen LogP) is 3.85. The molecule has 0 aromatic heterocycles. The van der Waals surface area contributed by atoms with E-state index in [4.69, 9.17) is 14.2 Å². The minimum atomic E-state index is -1.13. The molecule has 0 aliphatic carbocycles. The minimum Gasteiger partial charge on any atom is -0.491 e. The Kier molecular flexibility index (Phi) is 13.8. The Morgan fingerprint density at radius 2 is 1.54 bits per heavy atom. The number of aliphatic hydroxyl groups excluding tert-OH is 3. The summed E-state index contributed by atoms with van der Waals surface area (Å²) in [6.07, 6.45) is -0.525. The molecule has 2 rings (SSSR count). The summed E-state index contributed by atoms with van der Waals surface area (Å²) in [5.41, 5.74) is 2.86. The van der Waals surface area contributed by atoms with Gasteiger partial charge >= 0.3 is 0 Å². The first-order valence-corrected chi connectivity index (χ1v) is 13.5. The Bertz CT molecular complexity index is 989. The fourth-order valence-electron chi connectivity index (χ4n) is 3.85. The molecule has 3 atom stereocenters. The zero-order valence-electron chi connectivity index (χ0n) is 23.6. The molecule has 0 aliphatic rings. The van der Waals surface area contributed by atoms with Gasteiger partial charge in [0.15, 0.2) is 18.4 Å². The van der Waals surface area contributed by atoms with Crippen molar-refractivity contribution < 1.29 is 34.3 Å². The molecule has 216 valence electrons. The van der Waals surface area contributed by atoms with Crippen LogP contribution in [-0.4, -0.2) is 65.6 Å². The van der Waals surface area contributed by atoms with Gasteiger partial charge in [-0.15, -0.1) is 0 Å². The van der Waals surface area contributed by atoms with Crippen LogP contribution >= 0.6 is 0 Å². The Morgan fingerprint density at radius 1 is 0.923 bits per heavy atom. The number of ether oxygens (including phenoxy) is 3. The van der Waals surface area contributed by atoms with Crippen LogP contribution < -0.4 is 10.1 Å². The van der Waals surface area contributed by atoms with Crippen LogP contribution in [0.5, 0.6) is 5.75 Å². The molecular weight excluding hydrogens is 498 g/mol. The van der Waals surface area contributed by atoms with Crippen molar-refractivity contribution in [2.45, 2.75) is 83.7 Å². The average Bonchev–Trinajstić information content (AvgIpc) is 2.92. The van der Waals surface area contributed by atoms with E-state index in [9.17, 15) is 20.1 Å². The Labute approximate surface area is 232 Å². The SMILES string of the molecule is C=CC(=O)CCC(O)COc1ccc(C(C)(C)c2ccc(COC(O)COC(O)CCNC(C)C)cc2)cc1. The highest BCUT2D eigenvalue weighted by Crippen LogP contribution is 2.32. The van der Waals surface area contributed by atoms with Crippen molar-refractivity contribution >= 4 is 5.78 Å². The quantitative estimate of drug-likeness (QED) is 0.156. The fraction of sp³-hybridized carbons (Fsp3) is 0.516. The van der Waals surface area contributed by atoms with Gasteiger partial charge in [0.2, 0.25) is 0 Å². The van der Waals surface area contributed by atoms with Crippen LogP contribution in [0.25, 0.3) is 0 Å². The van der Waals surface area contributed by atoms with Crippen LogP contribution in [0, 0.1) is 0 Å². The number of benzene rings is 2. The number of rotatable bonds is 19. The highest BCUT2D eigenvalue weighted by molar-refractivity contribution is 5.88. The molecule has 3 unspecified atom stereocenters. The maximum atomic E-state index is 11.3. The fourth-order valence-corrected chi connectivity index (χ4v) is 3.85. The molecule has 8 heteroatoms. The summed E-state index contributed by atoms with van der Waals surface area (Å²) in [5.74, 6) is 0.559. The molecule has 0 spiro atoms. The first-order valence-electron chi connectivity index (χ1n) is 13.5. The lowest BCUT2D eigenvalue weighted by atomic mass is 9.78. The van der Waals surface area contributed by atoms with E-state index in [-0.39, 0.29) is 37.4 Å². The number of aliphatic hydroxyl groups is 3. The first kappa shape index (κ1) is 32.6. The lowest BCUT2D eigenvalue weighted by molar-refractivity contribution is -0.190. The van der Waals surface area contributed by atoms with Crippen LogP contribution in [0.4, 0.5) is 0 Å². The van der Waals surface area contributed by atoms with E-state index in [1.807, 2.05) is 62.4 Å². The molecule has 0 aliphatic heterocycles. The van der Waals surface area contributed by atoms with Crippen molar-refractivity contribution in [3.05, 3.63) is 77.9 Å². The molecule has 4 N–H and O–H groups in total. The second-order valence-corrected chi connectivity index (χ2v) is 10.5. The molecule has 8 nitrogen and oxygen atoms in total. The lowest BCUT2D eigenvalue weighted by Gasteiger charge is -2.26. The van der Waals surface area contributed by atoms with Gasteiger partial charge in [-0.1, -0.05) is 70.7 Å². The monoisotopic (exact) mass is 543 g/mol. The molecule has 0 saturated heterocycles. The molecule has 0 fully saturated rings. The van der Waals surface area contributed by atoms with E-state index in [1.165, 1.54) is 6.08 Å². The number of allylic oxidation sites excluding steroid dienone is 1. The van der Waals surface area contributed by atoms with E-state index in [0.717, 1.165) is 16.7 Å². The van der Waals surface area contributed by atoms with Crippen LogP contribution in [0.3, 0.4) is 0 Å². The summed E-state index contributed by atoms with van der Waals surface area (Å²) >= 11 is 0. The largest absolute Gasteiger partial charge is 0.491 e. The molecule has 0 bridgehead atoms. The normalized spacial score (nSPS) is 14.2. The summed E-state index contributed by atoms with van der Waals surface area (Å²) in [4.78, 5) is 11.3. The Balaban J connectivity index is 1.81.